The van der Waals surface area contributed by atoms with Gasteiger partial charge in [0.15, 0.2) is 0 Å². The zero-order valence-electron chi connectivity index (χ0n) is 8.76. The number of halogens is 1. The van der Waals surface area contributed by atoms with Gasteiger partial charge in [0.05, 0.1) is 5.69 Å². The minimum absolute atomic E-state index is 0.0620. The zero-order valence-corrected chi connectivity index (χ0v) is 10.9. The van der Waals surface area contributed by atoms with Crippen molar-refractivity contribution in [3.8, 4) is 0 Å². The Balaban J connectivity index is 3.36. The lowest BCUT2D eigenvalue weighted by atomic mass is 10.1. The maximum atomic E-state index is 11.5. The molecular formula is C9H14IN3O. The summed E-state index contributed by atoms with van der Waals surface area (Å²) in [4.78, 5) is 20.5. The van der Waals surface area contributed by atoms with Crippen LogP contribution in [-0.4, -0.2) is 24.1 Å². The van der Waals surface area contributed by atoms with Crippen LogP contribution in [0.25, 0.3) is 0 Å². The number of rotatable bonds is 2. The molecule has 0 spiro atoms. The van der Waals surface area contributed by atoms with E-state index in [4.69, 9.17) is 0 Å². The number of H-pyrrole nitrogens is 1. The summed E-state index contributed by atoms with van der Waals surface area (Å²) >= 11 is 2.04. The lowest BCUT2D eigenvalue weighted by Gasteiger charge is -2.14. The lowest BCUT2D eigenvalue weighted by molar-refractivity contribution is 0.791. The van der Waals surface area contributed by atoms with Crippen LogP contribution >= 0.6 is 22.6 Å². The molecule has 5 heteroatoms. The molecule has 0 aliphatic heterocycles. The highest BCUT2D eigenvalue weighted by Crippen LogP contribution is 2.17. The molecule has 1 aromatic heterocycles. The number of hydrogen-bond donors (Lipinski definition) is 1. The third-order valence-electron chi connectivity index (χ3n) is 1.85. The summed E-state index contributed by atoms with van der Waals surface area (Å²) in [5.74, 6) is 0.877. The molecule has 78 valence electrons. The van der Waals surface area contributed by atoms with E-state index < -0.39 is 0 Å². The Labute approximate surface area is 96.9 Å². The smallest absolute Gasteiger partial charge is 0.266 e. The Morgan fingerprint density at radius 1 is 1.43 bits per heavy atom. The van der Waals surface area contributed by atoms with Gasteiger partial charge in [0.25, 0.3) is 5.56 Å². The second-order valence-electron chi connectivity index (χ2n) is 3.64. The van der Waals surface area contributed by atoms with Crippen molar-refractivity contribution in [1.82, 2.24) is 9.97 Å². The van der Waals surface area contributed by atoms with Gasteiger partial charge in [-0.2, -0.15) is 0 Å². The Hall–Kier alpha value is -0.590. The Morgan fingerprint density at radius 3 is 2.43 bits per heavy atom. The third-order valence-corrected chi connectivity index (χ3v) is 2.89. The standard InChI is InChI=1S/C9H14IN3O/c1-5(2)7-6(10)8(14)12-9(11-7)13(3)4/h5H,1-4H3,(H,11,12,14). The van der Waals surface area contributed by atoms with Gasteiger partial charge in [-0.3, -0.25) is 9.78 Å². The van der Waals surface area contributed by atoms with Gasteiger partial charge in [-0.1, -0.05) is 13.8 Å². The summed E-state index contributed by atoms with van der Waals surface area (Å²) in [7, 11) is 3.71. The molecule has 0 radical (unpaired) electrons. The van der Waals surface area contributed by atoms with Gasteiger partial charge >= 0.3 is 0 Å². The Kier molecular flexibility index (Phi) is 3.52. The van der Waals surface area contributed by atoms with Crippen molar-refractivity contribution in [2.45, 2.75) is 19.8 Å². The number of nitrogens with zero attached hydrogens (tertiary/aromatic N) is 2. The molecule has 0 aliphatic carbocycles. The lowest BCUT2D eigenvalue weighted by Crippen LogP contribution is -2.22. The molecular weight excluding hydrogens is 293 g/mol. The highest BCUT2D eigenvalue weighted by atomic mass is 127. The number of anilines is 1. The number of aromatic amines is 1. The molecule has 1 rings (SSSR count). The van der Waals surface area contributed by atoms with E-state index in [-0.39, 0.29) is 11.5 Å². The normalized spacial score (nSPS) is 10.7. The number of hydrogen-bond acceptors (Lipinski definition) is 3. The van der Waals surface area contributed by atoms with Crippen molar-refractivity contribution in [1.29, 1.82) is 0 Å². The van der Waals surface area contributed by atoms with Gasteiger partial charge in [-0.25, -0.2) is 4.98 Å². The summed E-state index contributed by atoms with van der Waals surface area (Å²) < 4.78 is 0.684. The van der Waals surface area contributed by atoms with Crippen LogP contribution in [0, 0.1) is 3.57 Å². The van der Waals surface area contributed by atoms with Crippen LogP contribution in [0.15, 0.2) is 4.79 Å². The molecule has 0 aromatic carbocycles. The SMILES string of the molecule is CC(C)c1nc(N(C)C)[nH]c(=O)c1I. The summed E-state index contributed by atoms with van der Waals surface area (Å²) in [6.07, 6.45) is 0. The maximum Gasteiger partial charge on any atom is 0.266 e. The van der Waals surface area contributed by atoms with Crippen LogP contribution in [0.4, 0.5) is 5.95 Å². The molecule has 1 heterocycles. The minimum Gasteiger partial charge on any atom is -0.348 e. The van der Waals surface area contributed by atoms with Crippen LogP contribution < -0.4 is 10.5 Å². The van der Waals surface area contributed by atoms with Crippen LogP contribution in [0.3, 0.4) is 0 Å². The van der Waals surface area contributed by atoms with Gasteiger partial charge in [-0.15, -0.1) is 0 Å². The zero-order chi connectivity index (χ0) is 10.9. The highest BCUT2D eigenvalue weighted by Gasteiger charge is 2.12. The fourth-order valence-corrected chi connectivity index (χ4v) is 1.94. The third kappa shape index (κ3) is 2.26. The molecule has 4 nitrogen and oxygen atoms in total. The maximum absolute atomic E-state index is 11.5. The molecule has 0 amide bonds. The Bertz CT molecular complexity index is 384. The van der Waals surface area contributed by atoms with Crippen molar-refractivity contribution >= 4 is 28.5 Å². The largest absolute Gasteiger partial charge is 0.348 e. The first-order chi connectivity index (χ1) is 6.43. The summed E-state index contributed by atoms with van der Waals surface area (Å²) in [6, 6.07) is 0. The topological polar surface area (TPSA) is 49.0 Å². The second-order valence-corrected chi connectivity index (χ2v) is 4.72. The van der Waals surface area contributed by atoms with E-state index in [1.165, 1.54) is 0 Å². The summed E-state index contributed by atoms with van der Waals surface area (Å²) in [5, 5.41) is 0. The molecule has 14 heavy (non-hydrogen) atoms. The highest BCUT2D eigenvalue weighted by molar-refractivity contribution is 14.1. The van der Waals surface area contributed by atoms with Crippen molar-refractivity contribution < 1.29 is 0 Å². The Morgan fingerprint density at radius 2 is 2.00 bits per heavy atom. The van der Waals surface area contributed by atoms with E-state index in [1.54, 1.807) is 4.90 Å². The number of aromatic nitrogens is 2. The molecule has 0 unspecified atom stereocenters. The van der Waals surface area contributed by atoms with E-state index in [0.717, 1.165) is 5.69 Å². The van der Waals surface area contributed by atoms with Crippen LogP contribution in [0.1, 0.15) is 25.5 Å². The quantitative estimate of drug-likeness (QED) is 0.844. The average molecular weight is 307 g/mol. The van der Waals surface area contributed by atoms with E-state index >= 15 is 0 Å². The monoisotopic (exact) mass is 307 g/mol. The van der Waals surface area contributed by atoms with Gasteiger partial charge < -0.3 is 4.90 Å². The number of nitrogens with one attached hydrogen (secondary N) is 1. The second kappa shape index (κ2) is 4.29. The molecule has 0 bridgehead atoms. The first kappa shape index (κ1) is 11.5. The van der Waals surface area contributed by atoms with E-state index in [0.29, 0.717) is 9.52 Å². The van der Waals surface area contributed by atoms with Gasteiger partial charge in [-0.05, 0) is 28.5 Å². The molecule has 0 aliphatic rings. The van der Waals surface area contributed by atoms with E-state index in [9.17, 15) is 4.79 Å². The molecule has 0 saturated carbocycles. The predicted octanol–water partition coefficient (Wildman–Crippen LogP) is 1.56. The van der Waals surface area contributed by atoms with Crippen molar-refractivity contribution in [3.63, 3.8) is 0 Å². The van der Waals surface area contributed by atoms with Crippen molar-refractivity contribution in [2.75, 3.05) is 19.0 Å². The average Bonchev–Trinajstić information content (AvgIpc) is 2.08. The van der Waals surface area contributed by atoms with Crippen LogP contribution in [-0.2, 0) is 0 Å². The van der Waals surface area contributed by atoms with Gasteiger partial charge in [0.2, 0.25) is 5.95 Å². The molecule has 1 N–H and O–H groups in total. The van der Waals surface area contributed by atoms with Crippen molar-refractivity contribution in [3.05, 3.63) is 19.6 Å². The predicted molar refractivity (Wildman–Crippen MR) is 66.0 cm³/mol. The van der Waals surface area contributed by atoms with Crippen LogP contribution in [0.5, 0.6) is 0 Å². The minimum atomic E-state index is -0.0620. The van der Waals surface area contributed by atoms with E-state index in [1.807, 2.05) is 50.5 Å². The molecule has 0 atom stereocenters. The van der Waals surface area contributed by atoms with Crippen molar-refractivity contribution in [2.24, 2.45) is 0 Å². The fraction of sp³-hybridized carbons (Fsp3) is 0.556. The molecule has 1 aromatic rings. The first-order valence-corrected chi connectivity index (χ1v) is 5.48. The molecule has 0 fully saturated rings. The van der Waals surface area contributed by atoms with Gasteiger partial charge in [0.1, 0.15) is 3.57 Å². The van der Waals surface area contributed by atoms with Crippen LogP contribution in [0.2, 0.25) is 0 Å². The summed E-state index contributed by atoms with van der Waals surface area (Å²) in [5.41, 5.74) is 0.797. The van der Waals surface area contributed by atoms with Gasteiger partial charge in [0, 0.05) is 14.1 Å². The first-order valence-electron chi connectivity index (χ1n) is 4.40. The summed E-state index contributed by atoms with van der Waals surface area (Å²) in [6.45, 7) is 4.06. The fourth-order valence-electron chi connectivity index (χ4n) is 1.06. The molecule has 0 saturated heterocycles. The van der Waals surface area contributed by atoms with E-state index in [2.05, 4.69) is 9.97 Å².